The van der Waals surface area contributed by atoms with Gasteiger partial charge in [-0.3, -0.25) is 4.79 Å². The summed E-state index contributed by atoms with van der Waals surface area (Å²) < 4.78 is 22.2. The highest BCUT2D eigenvalue weighted by molar-refractivity contribution is 5.77. The molecule has 1 fully saturated rings. The molecule has 0 aromatic heterocycles. The highest BCUT2D eigenvalue weighted by atomic mass is 16.7. The van der Waals surface area contributed by atoms with Crippen LogP contribution in [-0.2, 0) is 15.6 Å². The number of rotatable bonds is 12. The molecule has 7 nitrogen and oxygen atoms in total. The monoisotopic (exact) mass is 835 g/mol. The fourth-order valence-electron chi connectivity index (χ4n) is 9.02. The number of benzene rings is 7. The number of hydrogen-bond acceptors (Lipinski definition) is 7. The minimum atomic E-state index is -0.816. The third kappa shape index (κ3) is 9.24. The minimum Gasteiger partial charge on any atom is -0.497 e. The number of carbonyl (C=O) groups excluding carboxylic acids is 2. The zero-order valence-electron chi connectivity index (χ0n) is 36.6. The normalized spacial score (nSPS) is 14.2. The molecule has 63 heavy (non-hydrogen) atoms. The third-order valence-electron chi connectivity index (χ3n) is 12.6. The molecule has 0 spiro atoms. The summed E-state index contributed by atoms with van der Waals surface area (Å²) in [5.41, 5.74) is 10.4. The molecular weight excluding hydrogens is 783 g/mol. The number of aryl methyl sites for hydroxylation is 2. The smallest absolute Gasteiger partial charge is 0.497 e. The van der Waals surface area contributed by atoms with E-state index in [1.165, 1.54) is 30.0 Å². The number of esters is 1. The molecule has 7 heteroatoms. The molecule has 7 aromatic carbocycles. The van der Waals surface area contributed by atoms with Crippen molar-refractivity contribution in [1.82, 2.24) is 0 Å². The van der Waals surface area contributed by atoms with Gasteiger partial charge in [0.1, 0.15) is 23.0 Å². The van der Waals surface area contributed by atoms with E-state index in [-0.39, 0.29) is 11.4 Å². The largest absolute Gasteiger partial charge is 0.519 e. The van der Waals surface area contributed by atoms with Crippen molar-refractivity contribution in [2.24, 2.45) is 0 Å². The summed E-state index contributed by atoms with van der Waals surface area (Å²) in [7, 11) is 1.67. The fourth-order valence-corrected chi connectivity index (χ4v) is 9.02. The van der Waals surface area contributed by atoms with E-state index in [0.717, 1.165) is 70.7 Å². The first kappa shape index (κ1) is 42.6. The lowest BCUT2D eigenvalue weighted by Gasteiger charge is -2.38. The SMILES string of the molecule is COc1ccc(C(C)(c2ccc(OC(=O)Oc3ccc(C4(c5ccc(OC(C)=O)cc5)CCCCC4)cc3)cc2)c2ccc(N(c3ccc(C)cc3)c3ccc(C)cc3)cc2)cc1. The van der Waals surface area contributed by atoms with E-state index in [1.807, 2.05) is 72.8 Å². The van der Waals surface area contributed by atoms with Crippen LogP contribution in [0.25, 0.3) is 0 Å². The standard InChI is InChI=1S/C56H53NO6/c1-39-9-23-47(24-10-39)57(48-25-11-40(2)12-26-48)49-27-13-42(14-28-49)55(4,43-15-29-50(60-5)30-16-43)44-17-31-52(32-18-44)62-54(59)63-53-35-21-46(22-36-53)56(37-7-6-8-38-56)45-19-33-51(34-20-45)61-41(3)58/h9-36H,6-8,37-38H2,1-5H3. The Labute approximate surface area is 370 Å². The van der Waals surface area contributed by atoms with Crippen molar-refractivity contribution in [3.05, 3.63) is 209 Å². The third-order valence-corrected chi connectivity index (χ3v) is 12.6. The zero-order valence-corrected chi connectivity index (χ0v) is 36.6. The lowest BCUT2D eigenvalue weighted by molar-refractivity contribution is -0.131. The molecule has 1 aliphatic carbocycles. The first-order valence-corrected chi connectivity index (χ1v) is 21.6. The van der Waals surface area contributed by atoms with Crippen molar-refractivity contribution in [3.63, 3.8) is 0 Å². The topological polar surface area (TPSA) is 74.3 Å². The molecule has 1 aliphatic rings. The Morgan fingerprint density at radius 2 is 0.825 bits per heavy atom. The van der Waals surface area contributed by atoms with Crippen LogP contribution in [0, 0.1) is 13.8 Å². The van der Waals surface area contributed by atoms with Crippen LogP contribution >= 0.6 is 0 Å². The highest BCUT2D eigenvalue weighted by Crippen LogP contribution is 2.46. The second-order valence-electron chi connectivity index (χ2n) is 16.7. The fraction of sp³-hybridized carbons (Fsp3) is 0.214. The predicted octanol–water partition coefficient (Wildman–Crippen LogP) is 13.9. The number of hydrogen-bond donors (Lipinski definition) is 0. The Kier molecular flexibility index (Phi) is 12.5. The van der Waals surface area contributed by atoms with Crippen molar-refractivity contribution < 1.29 is 28.5 Å². The van der Waals surface area contributed by atoms with Gasteiger partial charge >= 0.3 is 12.1 Å². The summed E-state index contributed by atoms with van der Waals surface area (Å²) in [4.78, 5) is 26.9. The first-order chi connectivity index (χ1) is 30.5. The van der Waals surface area contributed by atoms with Crippen LogP contribution < -0.4 is 23.8 Å². The second kappa shape index (κ2) is 18.5. The molecule has 318 valence electrons. The lowest BCUT2D eigenvalue weighted by Crippen LogP contribution is -2.30. The van der Waals surface area contributed by atoms with E-state index in [1.54, 1.807) is 7.11 Å². The van der Waals surface area contributed by atoms with Crippen LogP contribution in [0.3, 0.4) is 0 Å². The van der Waals surface area contributed by atoms with E-state index in [0.29, 0.717) is 17.2 Å². The molecule has 0 saturated heterocycles. The molecule has 0 aliphatic heterocycles. The molecule has 0 radical (unpaired) electrons. The van der Waals surface area contributed by atoms with Crippen LogP contribution in [0.15, 0.2) is 170 Å². The lowest BCUT2D eigenvalue weighted by atomic mass is 9.65. The van der Waals surface area contributed by atoms with Gasteiger partial charge in [-0.05, 0) is 146 Å². The van der Waals surface area contributed by atoms with Gasteiger partial charge in [-0.25, -0.2) is 4.79 Å². The molecule has 1 saturated carbocycles. The van der Waals surface area contributed by atoms with Gasteiger partial charge in [0.15, 0.2) is 0 Å². The van der Waals surface area contributed by atoms with E-state index < -0.39 is 11.6 Å². The summed E-state index contributed by atoms with van der Waals surface area (Å²) in [5.74, 6) is 1.74. The van der Waals surface area contributed by atoms with Crippen LogP contribution in [-0.4, -0.2) is 19.2 Å². The van der Waals surface area contributed by atoms with Crippen LogP contribution in [0.1, 0.15) is 84.9 Å². The van der Waals surface area contributed by atoms with Gasteiger partial charge in [0.2, 0.25) is 0 Å². The number of ether oxygens (including phenoxy) is 4. The number of carbonyl (C=O) groups is 2. The molecule has 1 atom stereocenters. The van der Waals surface area contributed by atoms with Crippen molar-refractivity contribution in [2.45, 2.75) is 70.6 Å². The maximum atomic E-state index is 13.2. The predicted molar refractivity (Wildman–Crippen MR) is 250 cm³/mol. The van der Waals surface area contributed by atoms with Gasteiger partial charge in [0.05, 0.1) is 7.11 Å². The zero-order chi connectivity index (χ0) is 44.0. The van der Waals surface area contributed by atoms with Crippen molar-refractivity contribution in [2.75, 3.05) is 12.0 Å². The number of nitrogens with zero attached hydrogens (tertiary/aromatic N) is 1. The van der Waals surface area contributed by atoms with Crippen LogP contribution in [0.4, 0.5) is 21.9 Å². The van der Waals surface area contributed by atoms with Crippen molar-refractivity contribution in [1.29, 1.82) is 0 Å². The quantitative estimate of drug-likeness (QED) is 0.0525. The molecule has 0 bridgehead atoms. The van der Waals surface area contributed by atoms with Crippen LogP contribution in [0.2, 0.25) is 0 Å². The molecule has 8 rings (SSSR count). The Morgan fingerprint density at radius 3 is 1.22 bits per heavy atom. The highest BCUT2D eigenvalue weighted by Gasteiger charge is 2.36. The van der Waals surface area contributed by atoms with Crippen molar-refractivity contribution >= 4 is 29.2 Å². The maximum Gasteiger partial charge on any atom is 0.519 e. The minimum absolute atomic E-state index is 0.181. The van der Waals surface area contributed by atoms with Gasteiger partial charge in [0.25, 0.3) is 0 Å². The molecular formula is C56H53NO6. The summed E-state index contributed by atoms with van der Waals surface area (Å²) >= 11 is 0. The Balaban J connectivity index is 1.02. The molecule has 1 unspecified atom stereocenters. The van der Waals surface area contributed by atoms with Gasteiger partial charge < -0.3 is 23.8 Å². The number of anilines is 3. The summed E-state index contributed by atoms with van der Waals surface area (Å²) in [6, 6.07) is 57.3. The van der Waals surface area contributed by atoms with Crippen molar-refractivity contribution in [3.8, 4) is 23.0 Å². The van der Waals surface area contributed by atoms with E-state index in [9.17, 15) is 9.59 Å². The first-order valence-electron chi connectivity index (χ1n) is 21.6. The average Bonchev–Trinajstić information content (AvgIpc) is 3.31. The molecule has 7 aromatic rings. The Bertz CT molecular complexity index is 2590. The van der Waals surface area contributed by atoms with E-state index in [4.69, 9.17) is 18.9 Å². The summed E-state index contributed by atoms with van der Waals surface area (Å²) in [6.45, 7) is 7.82. The van der Waals surface area contributed by atoms with Gasteiger partial charge in [-0.1, -0.05) is 115 Å². The van der Waals surface area contributed by atoms with Gasteiger partial charge in [0, 0.05) is 34.8 Å². The second-order valence-corrected chi connectivity index (χ2v) is 16.7. The van der Waals surface area contributed by atoms with Gasteiger partial charge in [-0.2, -0.15) is 0 Å². The summed E-state index contributed by atoms with van der Waals surface area (Å²) in [6.07, 6.45) is 4.61. The Hall–Kier alpha value is -7.12. The maximum absolute atomic E-state index is 13.2. The van der Waals surface area contributed by atoms with E-state index in [2.05, 4.69) is 123 Å². The Morgan fingerprint density at radius 1 is 0.476 bits per heavy atom. The van der Waals surface area contributed by atoms with Crippen LogP contribution in [0.5, 0.6) is 23.0 Å². The average molecular weight is 836 g/mol. The van der Waals surface area contributed by atoms with E-state index >= 15 is 0 Å². The van der Waals surface area contributed by atoms with Gasteiger partial charge in [-0.15, -0.1) is 0 Å². The molecule has 0 N–H and O–H groups in total. The number of methoxy groups -OCH3 is 1. The summed E-state index contributed by atoms with van der Waals surface area (Å²) in [5, 5.41) is 0. The molecule has 0 amide bonds. The molecule has 0 heterocycles.